The summed E-state index contributed by atoms with van der Waals surface area (Å²) in [6.07, 6.45) is 1.45. The third-order valence-corrected chi connectivity index (χ3v) is 7.94. The van der Waals surface area contributed by atoms with Gasteiger partial charge in [-0.25, -0.2) is 8.78 Å². The van der Waals surface area contributed by atoms with Crippen LogP contribution in [0.1, 0.15) is 35.7 Å². The molecule has 2 saturated heterocycles. The molecule has 2 fully saturated rings. The van der Waals surface area contributed by atoms with Gasteiger partial charge < -0.3 is 15.4 Å². The zero-order valence-corrected chi connectivity index (χ0v) is 19.6. The number of nitrogens with zero attached hydrogens (tertiary/aromatic N) is 2. The molecule has 3 aromatic rings. The first-order valence-electron chi connectivity index (χ1n) is 12.5. The van der Waals surface area contributed by atoms with Crippen LogP contribution >= 0.6 is 0 Å². The molecule has 3 atom stereocenters. The second-order valence-corrected chi connectivity index (χ2v) is 10.4. The lowest BCUT2D eigenvalue weighted by molar-refractivity contribution is 0.0731. The quantitative estimate of drug-likeness (QED) is 0.471. The van der Waals surface area contributed by atoms with Gasteiger partial charge in [-0.3, -0.25) is 14.2 Å². The number of likely N-dealkylation sites (tertiary alicyclic amines) is 1. The fraction of sp³-hybridized carbons (Fsp3) is 0.481. The highest BCUT2D eigenvalue weighted by molar-refractivity contribution is 5.85. The molecule has 8 heteroatoms. The Morgan fingerprint density at radius 3 is 2.77 bits per heavy atom. The highest BCUT2D eigenvalue weighted by atomic mass is 19.1. The van der Waals surface area contributed by atoms with Crippen molar-refractivity contribution in [3.63, 3.8) is 0 Å². The second-order valence-electron chi connectivity index (χ2n) is 10.4. The van der Waals surface area contributed by atoms with E-state index in [0.29, 0.717) is 24.1 Å². The standard InChI is InChI=1S/C27H31F3N4O/c28-8-3-9-33-13-18(14-33)31-17-6-7-21(23(29)10-17)26-25-22(20-4-1-2-5-24(20)32-25)11-19-12-27(30,16-35)15-34(19)26/h1-2,4-7,10,18-19,26,31-32,35H,3,8-9,11-16H2/t19-,26+,27+/m0/s1. The molecule has 0 aliphatic carbocycles. The Balaban J connectivity index is 1.30. The Kier molecular flexibility index (Phi) is 5.78. The highest BCUT2D eigenvalue weighted by Gasteiger charge is 2.50. The van der Waals surface area contributed by atoms with Crippen LogP contribution < -0.4 is 5.32 Å². The van der Waals surface area contributed by atoms with Crippen molar-refractivity contribution in [2.75, 3.05) is 44.8 Å². The summed E-state index contributed by atoms with van der Waals surface area (Å²) in [5.74, 6) is -0.334. The minimum atomic E-state index is -1.68. The van der Waals surface area contributed by atoms with Crippen LogP contribution in [0.2, 0.25) is 0 Å². The zero-order chi connectivity index (χ0) is 24.2. The number of benzene rings is 2. The molecular weight excluding hydrogens is 453 g/mol. The van der Waals surface area contributed by atoms with E-state index in [-0.39, 0.29) is 37.5 Å². The number of anilines is 1. The van der Waals surface area contributed by atoms with Crippen LogP contribution in [0.4, 0.5) is 18.9 Å². The van der Waals surface area contributed by atoms with Gasteiger partial charge in [0, 0.05) is 66.5 Å². The predicted octanol–water partition coefficient (Wildman–Crippen LogP) is 4.18. The van der Waals surface area contributed by atoms with Crippen molar-refractivity contribution in [3.05, 3.63) is 65.1 Å². The first-order chi connectivity index (χ1) is 17.0. The summed E-state index contributed by atoms with van der Waals surface area (Å²) in [4.78, 5) is 7.70. The number of hydrogen-bond donors (Lipinski definition) is 3. The fourth-order valence-electron chi connectivity index (χ4n) is 6.28. The van der Waals surface area contributed by atoms with Crippen molar-refractivity contribution in [1.29, 1.82) is 0 Å². The molecule has 6 rings (SSSR count). The number of fused-ring (bicyclic) bond motifs is 4. The van der Waals surface area contributed by atoms with E-state index in [1.807, 2.05) is 29.2 Å². The van der Waals surface area contributed by atoms with Gasteiger partial charge in [0.1, 0.15) is 11.5 Å². The molecule has 0 saturated carbocycles. The first kappa shape index (κ1) is 22.9. The molecule has 3 N–H and O–H groups in total. The van der Waals surface area contributed by atoms with Crippen LogP contribution in [0.15, 0.2) is 42.5 Å². The molecule has 5 nitrogen and oxygen atoms in total. The molecule has 186 valence electrons. The number of hydrogen-bond acceptors (Lipinski definition) is 4. The predicted molar refractivity (Wildman–Crippen MR) is 131 cm³/mol. The van der Waals surface area contributed by atoms with Crippen molar-refractivity contribution in [2.45, 2.75) is 43.1 Å². The molecule has 3 aliphatic heterocycles. The first-order valence-corrected chi connectivity index (χ1v) is 12.5. The van der Waals surface area contributed by atoms with Gasteiger partial charge in [-0.2, -0.15) is 0 Å². The maximum absolute atomic E-state index is 15.7. The number of aliphatic hydroxyl groups is 1. The SMILES string of the molecule is OC[C@@]1(F)C[C@@H]2Cc3c([nH]c4ccccc34)[C@@H](c3ccc(NC4CN(CCCF)C4)cc3F)N2C1. The maximum atomic E-state index is 15.7. The number of halogens is 3. The van der Waals surface area contributed by atoms with Gasteiger partial charge >= 0.3 is 0 Å². The average Bonchev–Trinajstić information content (AvgIpc) is 3.36. The van der Waals surface area contributed by atoms with Gasteiger partial charge in [-0.15, -0.1) is 0 Å². The van der Waals surface area contributed by atoms with Crippen molar-refractivity contribution in [1.82, 2.24) is 14.8 Å². The van der Waals surface area contributed by atoms with E-state index in [1.54, 1.807) is 6.07 Å². The lowest BCUT2D eigenvalue weighted by Crippen LogP contribution is -2.54. The zero-order valence-electron chi connectivity index (χ0n) is 19.6. The molecule has 0 radical (unpaired) electrons. The summed E-state index contributed by atoms with van der Waals surface area (Å²) in [5.41, 5.74) is 2.55. The molecule has 1 aromatic heterocycles. The van der Waals surface area contributed by atoms with Crippen LogP contribution in [0.5, 0.6) is 0 Å². The van der Waals surface area contributed by atoms with E-state index in [9.17, 15) is 9.50 Å². The summed E-state index contributed by atoms with van der Waals surface area (Å²) in [6, 6.07) is 12.9. The largest absolute Gasteiger partial charge is 0.393 e. The third kappa shape index (κ3) is 4.01. The number of para-hydroxylation sites is 1. The van der Waals surface area contributed by atoms with Gasteiger partial charge in [0.05, 0.1) is 25.4 Å². The Bertz CT molecular complexity index is 1230. The third-order valence-electron chi connectivity index (χ3n) is 7.94. The van der Waals surface area contributed by atoms with E-state index >= 15 is 8.78 Å². The minimum absolute atomic E-state index is 0.0733. The van der Waals surface area contributed by atoms with E-state index < -0.39 is 18.3 Å². The van der Waals surface area contributed by atoms with Crippen LogP contribution in [-0.2, 0) is 6.42 Å². The number of aromatic amines is 1. The van der Waals surface area contributed by atoms with Crippen LogP contribution in [0, 0.1) is 5.82 Å². The second kappa shape index (κ2) is 8.84. The molecule has 0 bridgehead atoms. The van der Waals surface area contributed by atoms with Gasteiger partial charge in [0.2, 0.25) is 0 Å². The van der Waals surface area contributed by atoms with E-state index in [0.717, 1.165) is 41.8 Å². The van der Waals surface area contributed by atoms with Gasteiger partial charge in [0.15, 0.2) is 0 Å². The Morgan fingerprint density at radius 2 is 2.00 bits per heavy atom. The van der Waals surface area contributed by atoms with E-state index in [4.69, 9.17) is 0 Å². The molecule has 0 spiro atoms. The normalized spacial score (nSPS) is 27.1. The molecule has 0 amide bonds. The van der Waals surface area contributed by atoms with Crippen molar-refractivity contribution in [3.8, 4) is 0 Å². The molecular formula is C27H31F3N4O. The molecule has 2 aromatic carbocycles. The summed E-state index contributed by atoms with van der Waals surface area (Å²) in [5, 5.41) is 14.2. The minimum Gasteiger partial charge on any atom is -0.393 e. The van der Waals surface area contributed by atoms with E-state index in [2.05, 4.69) is 21.3 Å². The van der Waals surface area contributed by atoms with Crippen molar-refractivity contribution in [2.24, 2.45) is 0 Å². The molecule has 0 unspecified atom stereocenters. The topological polar surface area (TPSA) is 54.5 Å². The fourth-order valence-corrected chi connectivity index (χ4v) is 6.28. The average molecular weight is 485 g/mol. The number of aromatic nitrogens is 1. The number of nitrogens with one attached hydrogen (secondary N) is 2. The summed E-state index contributed by atoms with van der Waals surface area (Å²) >= 11 is 0. The number of rotatable bonds is 7. The van der Waals surface area contributed by atoms with Crippen LogP contribution in [0.25, 0.3) is 10.9 Å². The van der Waals surface area contributed by atoms with Crippen LogP contribution in [0.3, 0.4) is 0 Å². The maximum Gasteiger partial charge on any atom is 0.148 e. The summed E-state index contributed by atoms with van der Waals surface area (Å²) < 4.78 is 43.3. The number of alkyl halides is 2. The Labute approximate surface area is 202 Å². The smallest absolute Gasteiger partial charge is 0.148 e. The van der Waals surface area contributed by atoms with Crippen molar-refractivity contribution < 1.29 is 18.3 Å². The molecule has 35 heavy (non-hydrogen) atoms. The van der Waals surface area contributed by atoms with E-state index in [1.165, 1.54) is 6.07 Å². The van der Waals surface area contributed by atoms with Gasteiger partial charge in [-0.05, 0) is 36.6 Å². The Morgan fingerprint density at radius 1 is 1.17 bits per heavy atom. The molecule has 3 aliphatic rings. The monoisotopic (exact) mass is 484 g/mol. The summed E-state index contributed by atoms with van der Waals surface area (Å²) in [6.45, 7) is 1.62. The van der Waals surface area contributed by atoms with Crippen molar-refractivity contribution >= 4 is 16.6 Å². The number of aliphatic hydroxyl groups excluding tert-OH is 1. The van der Waals surface area contributed by atoms with Crippen LogP contribution in [-0.4, -0.2) is 77.1 Å². The van der Waals surface area contributed by atoms with Gasteiger partial charge in [-0.1, -0.05) is 24.3 Å². The summed E-state index contributed by atoms with van der Waals surface area (Å²) in [7, 11) is 0. The van der Waals surface area contributed by atoms with Gasteiger partial charge in [0.25, 0.3) is 0 Å². The highest BCUT2D eigenvalue weighted by Crippen LogP contribution is 2.47. The lowest BCUT2D eigenvalue weighted by atomic mass is 9.88. The number of H-pyrrole nitrogens is 1. The Hall–Kier alpha value is -2.55. The lowest BCUT2D eigenvalue weighted by Gasteiger charge is -2.40. The molecule has 4 heterocycles.